The van der Waals surface area contributed by atoms with E-state index in [-0.39, 0.29) is 17.5 Å². The van der Waals surface area contributed by atoms with E-state index in [0.29, 0.717) is 5.69 Å². The van der Waals surface area contributed by atoms with Gasteiger partial charge in [-0.25, -0.2) is 19.9 Å². The van der Waals surface area contributed by atoms with E-state index in [0.717, 1.165) is 0 Å². The van der Waals surface area contributed by atoms with Gasteiger partial charge >= 0.3 is 6.18 Å². The van der Waals surface area contributed by atoms with Gasteiger partial charge in [-0.1, -0.05) is 11.6 Å². The predicted molar refractivity (Wildman–Crippen MR) is 61.4 cm³/mol. The van der Waals surface area contributed by atoms with Gasteiger partial charge in [-0.15, -0.1) is 0 Å². The van der Waals surface area contributed by atoms with Crippen molar-refractivity contribution in [2.24, 2.45) is 0 Å². The van der Waals surface area contributed by atoms with E-state index in [1.165, 1.54) is 18.6 Å². The van der Waals surface area contributed by atoms with Crippen LogP contribution in [0, 0.1) is 0 Å². The molecule has 0 aliphatic heterocycles. The number of nitrogens with one attached hydrogen (secondary N) is 1. The van der Waals surface area contributed by atoms with Crippen LogP contribution < -0.4 is 5.32 Å². The number of hydrogen-bond donors (Lipinski definition) is 1. The largest absolute Gasteiger partial charge is 0.451 e. The van der Waals surface area contributed by atoms with Crippen LogP contribution in [-0.2, 0) is 12.7 Å². The molecule has 5 nitrogen and oxygen atoms in total. The molecule has 0 radical (unpaired) electrons. The van der Waals surface area contributed by atoms with Gasteiger partial charge in [-0.3, -0.25) is 0 Å². The molecule has 0 saturated carbocycles. The van der Waals surface area contributed by atoms with Gasteiger partial charge in [0.15, 0.2) is 0 Å². The summed E-state index contributed by atoms with van der Waals surface area (Å²) in [5.41, 5.74) is 0.610. The molecule has 0 aliphatic carbocycles. The van der Waals surface area contributed by atoms with Crippen molar-refractivity contribution in [3.8, 4) is 0 Å². The van der Waals surface area contributed by atoms with E-state index in [2.05, 4.69) is 25.3 Å². The summed E-state index contributed by atoms with van der Waals surface area (Å²) in [5.74, 6) is -1.31. The van der Waals surface area contributed by atoms with Crippen LogP contribution in [0.4, 0.5) is 19.0 Å². The normalized spacial score (nSPS) is 11.4. The molecular weight excluding hydrogens is 283 g/mol. The Balaban J connectivity index is 2.15. The van der Waals surface area contributed by atoms with Crippen LogP contribution in [0.3, 0.4) is 0 Å². The molecular formula is C10H7ClF3N5. The summed E-state index contributed by atoms with van der Waals surface area (Å²) in [7, 11) is 0. The molecule has 0 saturated heterocycles. The van der Waals surface area contributed by atoms with Gasteiger partial charge in [0.1, 0.15) is 17.3 Å². The fourth-order valence-corrected chi connectivity index (χ4v) is 1.42. The van der Waals surface area contributed by atoms with Crippen LogP contribution >= 0.6 is 11.6 Å². The van der Waals surface area contributed by atoms with Crippen molar-refractivity contribution in [2.75, 3.05) is 5.32 Å². The van der Waals surface area contributed by atoms with E-state index < -0.39 is 12.0 Å². The zero-order valence-electron chi connectivity index (χ0n) is 9.32. The van der Waals surface area contributed by atoms with E-state index in [4.69, 9.17) is 11.6 Å². The molecule has 0 atom stereocenters. The monoisotopic (exact) mass is 289 g/mol. The highest BCUT2D eigenvalue weighted by Crippen LogP contribution is 2.28. The molecule has 0 spiro atoms. The standard InChI is InChI=1S/C10H7ClF3N5/c11-7-3-8(19-9(18-7)10(12,13)14)16-4-6-1-2-15-5-17-6/h1-3,5H,4H2,(H,16,18,19). The van der Waals surface area contributed by atoms with Gasteiger partial charge in [0.05, 0.1) is 12.2 Å². The molecule has 0 aromatic carbocycles. The lowest BCUT2D eigenvalue weighted by atomic mass is 10.4. The van der Waals surface area contributed by atoms with Crippen LogP contribution in [0.2, 0.25) is 5.15 Å². The molecule has 0 amide bonds. The van der Waals surface area contributed by atoms with Gasteiger partial charge in [-0.2, -0.15) is 13.2 Å². The molecule has 0 bridgehead atoms. The first-order valence-electron chi connectivity index (χ1n) is 5.06. The minimum absolute atomic E-state index is 0.0223. The first-order chi connectivity index (χ1) is 8.95. The first kappa shape index (κ1) is 13.5. The Kier molecular flexibility index (Phi) is 3.79. The van der Waals surface area contributed by atoms with Crippen LogP contribution in [0.25, 0.3) is 0 Å². The summed E-state index contributed by atoms with van der Waals surface area (Å²) >= 11 is 5.52. The number of alkyl halides is 3. The minimum Gasteiger partial charge on any atom is -0.364 e. The lowest BCUT2D eigenvalue weighted by Crippen LogP contribution is -2.13. The minimum atomic E-state index is -4.64. The SMILES string of the molecule is FC(F)(F)c1nc(Cl)cc(NCc2ccncn2)n1. The Morgan fingerprint density at radius 2 is 2.05 bits per heavy atom. The topological polar surface area (TPSA) is 63.6 Å². The zero-order chi connectivity index (χ0) is 13.9. The molecule has 19 heavy (non-hydrogen) atoms. The van der Waals surface area contributed by atoms with Crippen molar-refractivity contribution < 1.29 is 13.2 Å². The van der Waals surface area contributed by atoms with Crippen molar-refractivity contribution in [3.63, 3.8) is 0 Å². The number of hydrogen-bond acceptors (Lipinski definition) is 5. The number of aromatic nitrogens is 4. The van der Waals surface area contributed by atoms with Gasteiger partial charge in [0.25, 0.3) is 0 Å². The van der Waals surface area contributed by atoms with E-state index in [1.807, 2.05) is 0 Å². The van der Waals surface area contributed by atoms with Crippen molar-refractivity contribution in [1.82, 2.24) is 19.9 Å². The molecule has 2 aromatic rings. The van der Waals surface area contributed by atoms with Crippen LogP contribution in [0.1, 0.15) is 11.5 Å². The third kappa shape index (κ3) is 3.75. The fourth-order valence-electron chi connectivity index (χ4n) is 1.24. The molecule has 2 heterocycles. The summed E-state index contributed by atoms with van der Waals surface area (Å²) in [6.45, 7) is 0.202. The molecule has 2 aromatic heterocycles. The average molecular weight is 290 g/mol. The zero-order valence-corrected chi connectivity index (χ0v) is 10.1. The Morgan fingerprint density at radius 1 is 1.26 bits per heavy atom. The second-order valence-electron chi connectivity index (χ2n) is 3.45. The lowest BCUT2D eigenvalue weighted by molar-refractivity contribution is -0.144. The Hall–Kier alpha value is -1.96. The Morgan fingerprint density at radius 3 is 2.68 bits per heavy atom. The second-order valence-corrected chi connectivity index (χ2v) is 3.84. The van der Waals surface area contributed by atoms with Gasteiger partial charge < -0.3 is 5.32 Å². The van der Waals surface area contributed by atoms with Crippen molar-refractivity contribution >= 4 is 17.4 Å². The van der Waals surface area contributed by atoms with Crippen LogP contribution in [0.5, 0.6) is 0 Å². The highest BCUT2D eigenvalue weighted by Gasteiger charge is 2.35. The van der Waals surface area contributed by atoms with Crippen molar-refractivity contribution in [2.45, 2.75) is 12.7 Å². The van der Waals surface area contributed by atoms with Crippen molar-refractivity contribution in [3.05, 3.63) is 41.3 Å². The van der Waals surface area contributed by atoms with E-state index in [1.54, 1.807) is 6.07 Å². The van der Waals surface area contributed by atoms with E-state index >= 15 is 0 Å². The van der Waals surface area contributed by atoms with Crippen molar-refractivity contribution in [1.29, 1.82) is 0 Å². The summed E-state index contributed by atoms with van der Waals surface area (Å²) in [5, 5.41) is 2.40. The highest BCUT2D eigenvalue weighted by molar-refractivity contribution is 6.29. The maximum absolute atomic E-state index is 12.5. The van der Waals surface area contributed by atoms with Gasteiger partial charge in [0, 0.05) is 12.3 Å². The molecule has 2 rings (SSSR count). The Labute approximate surface area is 110 Å². The van der Waals surface area contributed by atoms with Crippen LogP contribution in [0.15, 0.2) is 24.7 Å². The molecule has 1 N–H and O–H groups in total. The third-order valence-electron chi connectivity index (χ3n) is 2.04. The van der Waals surface area contributed by atoms with Gasteiger partial charge in [0.2, 0.25) is 5.82 Å². The predicted octanol–water partition coefficient (Wildman–Crippen LogP) is 2.55. The third-order valence-corrected chi connectivity index (χ3v) is 2.24. The number of rotatable bonds is 3. The molecule has 100 valence electrons. The molecule has 0 unspecified atom stereocenters. The number of anilines is 1. The average Bonchev–Trinajstić information content (AvgIpc) is 2.36. The quantitative estimate of drug-likeness (QED) is 0.880. The second kappa shape index (κ2) is 5.35. The number of halogens is 4. The fraction of sp³-hybridized carbons (Fsp3) is 0.200. The Bertz CT molecular complexity index is 561. The smallest absolute Gasteiger partial charge is 0.364 e. The molecule has 0 fully saturated rings. The molecule has 0 aliphatic rings. The summed E-state index contributed by atoms with van der Waals surface area (Å²) in [6, 6.07) is 2.83. The first-order valence-corrected chi connectivity index (χ1v) is 5.43. The van der Waals surface area contributed by atoms with E-state index in [9.17, 15) is 13.2 Å². The van der Waals surface area contributed by atoms with Gasteiger partial charge in [-0.05, 0) is 6.07 Å². The van der Waals surface area contributed by atoms with Crippen LogP contribution in [-0.4, -0.2) is 19.9 Å². The maximum atomic E-state index is 12.5. The maximum Gasteiger partial charge on any atom is 0.451 e. The summed E-state index contributed by atoms with van der Waals surface area (Å²) in [6.07, 6.45) is -1.78. The lowest BCUT2D eigenvalue weighted by Gasteiger charge is -2.09. The highest BCUT2D eigenvalue weighted by atomic mass is 35.5. The summed E-state index contributed by atoms with van der Waals surface area (Å²) in [4.78, 5) is 14.1. The summed E-state index contributed by atoms with van der Waals surface area (Å²) < 4.78 is 37.4. The molecule has 9 heteroatoms. The number of nitrogens with zero attached hydrogens (tertiary/aromatic N) is 4.